The van der Waals surface area contributed by atoms with E-state index in [4.69, 9.17) is 14.0 Å². The van der Waals surface area contributed by atoms with Crippen LogP contribution in [0.15, 0.2) is 63.1 Å². The number of sulfonamides is 1. The number of carbonyl (C=O) groups is 1. The number of hydrazone groups is 1. The predicted octanol–water partition coefficient (Wildman–Crippen LogP) is 2.96. The van der Waals surface area contributed by atoms with Gasteiger partial charge < -0.3 is 19.3 Å². The molecule has 0 spiro atoms. The SMILES string of the molecule is COc1ccc(S(=O)(=O)N/N=C(/C)c2ccc(NC(=O)c3cc(C)on3)cc2)cc1OC. The van der Waals surface area contributed by atoms with Gasteiger partial charge in [0.2, 0.25) is 0 Å². The Morgan fingerprint density at radius 3 is 2.31 bits per heavy atom. The highest BCUT2D eigenvalue weighted by molar-refractivity contribution is 7.89. The summed E-state index contributed by atoms with van der Waals surface area (Å²) in [5.74, 6) is 0.835. The largest absolute Gasteiger partial charge is 0.493 e. The third-order valence-electron chi connectivity index (χ3n) is 4.42. The van der Waals surface area contributed by atoms with Gasteiger partial charge in [0.05, 0.1) is 24.8 Å². The summed E-state index contributed by atoms with van der Waals surface area (Å²) in [6.07, 6.45) is 0. The second-order valence-electron chi connectivity index (χ2n) is 6.66. The first kappa shape index (κ1) is 22.8. The zero-order valence-electron chi connectivity index (χ0n) is 17.9. The molecule has 168 valence electrons. The summed E-state index contributed by atoms with van der Waals surface area (Å²) in [5, 5.41) is 10.3. The summed E-state index contributed by atoms with van der Waals surface area (Å²) in [6, 6.07) is 12.5. The van der Waals surface area contributed by atoms with Crippen molar-refractivity contribution in [2.24, 2.45) is 5.10 Å². The van der Waals surface area contributed by atoms with Gasteiger partial charge in [0.15, 0.2) is 17.2 Å². The molecule has 1 amide bonds. The van der Waals surface area contributed by atoms with Crippen LogP contribution in [0.2, 0.25) is 0 Å². The van der Waals surface area contributed by atoms with Crippen molar-refractivity contribution in [3.05, 3.63) is 65.5 Å². The zero-order valence-corrected chi connectivity index (χ0v) is 18.7. The van der Waals surface area contributed by atoms with E-state index < -0.39 is 15.9 Å². The molecular weight excluding hydrogens is 436 g/mol. The summed E-state index contributed by atoms with van der Waals surface area (Å²) < 4.78 is 40.3. The number of nitrogens with one attached hydrogen (secondary N) is 2. The maximum absolute atomic E-state index is 12.6. The van der Waals surface area contributed by atoms with Crippen molar-refractivity contribution in [1.29, 1.82) is 0 Å². The predicted molar refractivity (Wildman–Crippen MR) is 118 cm³/mol. The van der Waals surface area contributed by atoms with Crippen LogP contribution >= 0.6 is 0 Å². The Kier molecular flexibility index (Phi) is 6.79. The lowest BCUT2D eigenvalue weighted by atomic mass is 10.1. The molecule has 32 heavy (non-hydrogen) atoms. The number of hydrogen-bond acceptors (Lipinski definition) is 8. The van der Waals surface area contributed by atoms with E-state index in [1.165, 1.54) is 38.5 Å². The molecule has 0 saturated carbocycles. The van der Waals surface area contributed by atoms with Crippen LogP contribution in [-0.4, -0.2) is 39.4 Å². The van der Waals surface area contributed by atoms with Crippen molar-refractivity contribution < 1.29 is 27.2 Å². The van der Waals surface area contributed by atoms with Gasteiger partial charge in [0, 0.05) is 17.8 Å². The molecule has 0 fully saturated rings. The Hall–Kier alpha value is -3.86. The number of aryl methyl sites for hydroxylation is 1. The van der Waals surface area contributed by atoms with Crippen LogP contribution in [0.25, 0.3) is 0 Å². The number of rotatable bonds is 8. The molecule has 0 aliphatic carbocycles. The van der Waals surface area contributed by atoms with Gasteiger partial charge in [-0.3, -0.25) is 4.79 Å². The molecule has 0 unspecified atom stereocenters. The zero-order chi connectivity index (χ0) is 23.3. The van der Waals surface area contributed by atoms with Crippen molar-refractivity contribution in [2.75, 3.05) is 19.5 Å². The van der Waals surface area contributed by atoms with Gasteiger partial charge in [-0.1, -0.05) is 17.3 Å². The molecule has 10 nitrogen and oxygen atoms in total. The van der Waals surface area contributed by atoms with Crippen LogP contribution in [-0.2, 0) is 10.0 Å². The van der Waals surface area contributed by atoms with Crippen molar-refractivity contribution >= 4 is 27.3 Å². The monoisotopic (exact) mass is 458 g/mol. The maximum Gasteiger partial charge on any atom is 0.277 e. The van der Waals surface area contributed by atoms with Crippen LogP contribution < -0.4 is 19.6 Å². The molecule has 2 N–H and O–H groups in total. The van der Waals surface area contributed by atoms with E-state index in [1.807, 2.05) is 0 Å². The molecule has 0 atom stereocenters. The van der Waals surface area contributed by atoms with E-state index in [-0.39, 0.29) is 16.3 Å². The minimum Gasteiger partial charge on any atom is -0.493 e. The fraction of sp³-hybridized carbons (Fsp3) is 0.190. The Bertz CT molecular complexity index is 1250. The molecule has 1 aromatic heterocycles. The number of amides is 1. The van der Waals surface area contributed by atoms with Gasteiger partial charge >= 0.3 is 0 Å². The number of ether oxygens (including phenoxy) is 2. The second kappa shape index (κ2) is 9.52. The quantitative estimate of drug-likeness (QED) is 0.392. The van der Waals surface area contributed by atoms with Gasteiger partial charge in [0.1, 0.15) is 5.76 Å². The molecule has 0 bridgehead atoms. The van der Waals surface area contributed by atoms with Crippen molar-refractivity contribution in [2.45, 2.75) is 18.7 Å². The van der Waals surface area contributed by atoms with Crippen molar-refractivity contribution in [3.8, 4) is 11.5 Å². The van der Waals surface area contributed by atoms with Gasteiger partial charge in [-0.15, -0.1) is 0 Å². The van der Waals surface area contributed by atoms with Crippen molar-refractivity contribution in [1.82, 2.24) is 9.99 Å². The lowest BCUT2D eigenvalue weighted by Gasteiger charge is -2.10. The third kappa shape index (κ3) is 5.24. The first-order valence-electron chi connectivity index (χ1n) is 9.36. The minimum atomic E-state index is -3.92. The molecule has 3 rings (SSSR count). The van der Waals surface area contributed by atoms with E-state index in [2.05, 4.69) is 20.4 Å². The number of methoxy groups -OCH3 is 2. The number of aromatic nitrogens is 1. The first-order valence-corrected chi connectivity index (χ1v) is 10.8. The molecule has 0 aliphatic heterocycles. The molecule has 0 aliphatic rings. The molecule has 0 radical (unpaired) electrons. The van der Waals surface area contributed by atoms with Crippen molar-refractivity contribution in [3.63, 3.8) is 0 Å². The second-order valence-corrected chi connectivity index (χ2v) is 8.32. The molecule has 1 heterocycles. The summed E-state index contributed by atoms with van der Waals surface area (Å²) in [5.41, 5.74) is 1.81. The number of benzene rings is 2. The first-order chi connectivity index (χ1) is 15.2. The normalized spacial score (nSPS) is 11.7. The number of hydrogen-bond donors (Lipinski definition) is 2. The van der Waals surface area contributed by atoms with Crippen LogP contribution in [0.5, 0.6) is 11.5 Å². The molecule has 2 aromatic carbocycles. The molecule has 0 saturated heterocycles. The Morgan fingerprint density at radius 2 is 1.72 bits per heavy atom. The third-order valence-corrected chi connectivity index (χ3v) is 5.63. The molecule has 11 heteroatoms. The highest BCUT2D eigenvalue weighted by Crippen LogP contribution is 2.29. The fourth-order valence-electron chi connectivity index (χ4n) is 2.69. The number of anilines is 1. The van der Waals surface area contributed by atoms with Crippen LogP contribution in [0, 0.1) is 6.92 Å². The topological polar surface area (TPSA) is 132 Å². The van der Waals surface area contributed by atoms with Gasteiger partial charge in [0.25, 0.3) is 15.9 Å². The average Bonchev–Trinajstić information content (AvgIpc) is 3.24. The average molecular weight is 458 g/mol. The van der Waals surface area contributed by atoms with E-state index in [9.17, 15) is 13.2 Å². The fourth-order valence-corrected chi connectivity index (χ4v) is 3.56. The lowest BCUT2D eigenvalue weighted by Crippen LogP contribution is -2.20. The number of carbonyl (C=O) groups excluding carboxylic acids is 1. The maximum atomic E-state index is 12.6. The highest BCUT2D eigenvalue weighted by Gasteiger charge is 2.17. The van der Waals surface area contributed by atoms with E-state index in [0.29, 0.717) is 28.5 Å². The smallest absolute Gasteiger partial charge is 0.277 e. The summed E-state index contributed by atoms with van der Waals surface area (Å²) in [4.78, 5) is 14.3. The standard InChI is InChI=1S/C21H22N4O6S/c1-13-11-18(24-31-13)21(26)22-16-7-5-15(6-8-16)14(2)23-25-32(27,28)17-9-10-19(29-3)20(12-17)30-4/h5-12,25H,1-4H3,(H,22,26)/b23-14-. The summed E-state index contributed by atoms with van der Waals surface area (Å²) >= 11 is 0. The van der Waals surface area contributed by atoms with Crippen LogP contribution in [0.4, 0.5) is 5.69 Å². The van der Waals surface area contributed by atoms with E-state index in [0.717, 1.165) is 0 Å². The Morgan fingerprint density at radius 1 is 1.03 bits per heavy atom. The van der Waals surface area contributed by atoms with Gasteiger partial charge in [-0.2, -0.15) is 18.4 Å². The van der Waals surface area contributed by atoms with Gasteiger partial charge in [-0.05, 0) is 43.7 Å². The number of nitrogens with zero attached hydrogens (tertiary/aromatic N) is 2. The van der Waals surface area contributed by atoms with Crippen LogP contribution in [0.3, 0.4) is 0 Å². The molecule has 3 aromatic rings. The van der Waals surface area contributed by atoms with E-state index in [1.54, 1.807) is 38.1 Å². The summed E-state index contributed by atoms with van der Waals surface area (Å²) in [6.45, 7) is 3.35. The Balaban J connectivity index is 1.69. The van der Waals surface area contributed by atoms with Gasteiger partial charge in [-0.25, -0.2) is 0 Å². The van der Waals surface area contributed by atoms with Crippen LogP contribution in [0.1, 0.15) is 28.7 Å². The Labute approximate surface area is 185 Å². The van der Waals surface area contributed by atoms with E-state index >= 15 is 0 Å². The lowest BCUT2D eigenvalue weighted by molar-refractivity contribution is 0.101. The molecular formula is C21H22N4O6S. The minimum absolute atomic E-state index is 0.0205. The summed E-state index contributed by atoms with van der Waals surface area (Å²) in [7, 11) is -1.04. The highest BCUT2D eigenvalue weighted by atomic mass is 32.2.